The fourth-order valence-electron chi connectivity index (χ4n) is 5.56. The van der Waals surface area contributed by atoms with E-state index in [4.69, 9.17) is 19.6 Å². The van der Waals surface area contributed by atoms with Gasteiger partial charge in [-0.05, 0) is 62.5 Å². The first kappa shape index (κ1) is 23.2. The van der Waals surface area contributed by atoms with E-state index in [1.54, 1.807) is 0 Å². The summed E-state index contributed by atoms with van der Waals surface area (Å²) in [6, 6.07) is 4.54. The fraction of sp³-hybridized carbons (Fsp3) is 0.593. The molecule has 0 atom stereocenters. The Morgan fingerprint density at radius 1 is 1.08 bits per heavy atom. The van der Waals surface area contributed by atoms with Gasteiger partial charge in [0.25, 0.3) is 0 Å². The van der Waals surface area contributed by atoms with Crippen molar-refractivity contribution in [3.05, 3.63) is 29.6 Å². The largest absolute Gasteiger partial charge is 0.481 e. The van der Waals surface area contributed by atoms with E-state index < -0.39 is 5.97 Å². The molecular formula is C27H33N5O4. The molecule has 2 aliphatic carbocycles. The van der Waals surface area contributed by atoms with Crippen LogP contribution in [0, 0.1) is 11.8 Å². The summed E-state index contributed by atoms with van der Waals surface area (Å²) in [6.07, 6.45) is 12.4. The van der Waals surface area contributed by atoms with Crippen molar-refractivity contribution in [1.82, 2.24) is 15.0 Å². The van der Waals surface area contributed by atoms with Crippen LogP contribution in [-0.2, 0) is 4.79 Å². The zero-order chi connectivity index (χ0) is 24.5. The van der Waals surface area contributed by atoms with Gasteiger partial charge < -0.3 is 19.5 Å². The molecule has 0 spiro atoms. The van der Waals surface area contributed by atoms with Gasteiger partial charge in [0.1, 0.15) is 12.2 Å². The number of anilines is 1. The van der Waals surface area contributed by atoms with Crippen molar-refractivity contribution < 1.29 is 19.4 Å². The van der Waals surface area contributed by atoms with E-state index in [1.807, 2.05) is 6.20 Å². The highest BCUT2D eigenvalue weighted by molar-refractivity contribution is 6.20. The topological polar surface area (TPSA) is 110 Å². The number of aliphatic carboxylic acids is 1. The molecule has 2 aliphatic heterocycles. The number of carbonyl (C=O) groups is 1. The lowest BCUT2D eigenvalue weighted by molar-refractivity contribution is -0.138. The highest BCUT2D eigenvalue weighted by atomic mass is 16.5. The first-order valence-electron chi connectivity index (χ1n) is 13.4. The molecule has 2 aromatic rings. The molecule has 36 heavy (non-hydrogen) atoms. The Labute approximate surface area is 211 Å². The van der Waals surface area contributed by atoms with Crippen molar-refractivity contribution in [2.75, 3.05) is 24.7 Å². The molecule has 9 heteroatoms. The van der Waals surface area contributed by atoms with Gasteiger partial charge in [-0.1, -0.05) is 19.3 Å². The Hall–Kier alpha value is -3.23. The van der Waals surface area contributed by atoms with Crippen LogP contribution in [-0.4, -0.2) is 51.6 Å². The normalized spacial score (nSPS) is 22.6. The highest BCUT2D eigenvalue weighted by Gasteiger charge is 2.35. The van der Waals surface area contributed by atoms with Gasteiger partial charge in [-0.3, -0.25) is 9.78 Å². The van der Waals surface area contributed by atoms with Gasteiger partial charge in [0.15, 0.2) is 11.7 Å². The SMILES string of the molecule is O=C(O)C[C@H]1CC[C@@H](c2ccc(N3CCOc4nc(OCCCCC5CC5)nc5c4C3=N5)cn2)CC1. The summed E-state index contributed by atoms with van der Waals surface area (Å²) >= 11 is 0. The number of rotatable bonds is 10. The number of amidine groups is 1. The Morgan fingerprint density at radius 3 is 2.67 bits per heavy atom. The number of aromatic nitrogens is 3. The fourth-order valence-corrected chi connectivity index (χ4v) is 5.56. The lowest BCUT2D eigenvalue weighted by atomic mass is 9.79. The van der Waals surface area contributed by atoms with Gasteiger partial charge in [0.2, 0.25) is 5.88 Å². The molecule has 2 saturated carbocycles. The first-order valence-corrected chi connectivity index (χ1v) is 13.4. The van der Waals surface area contributed by atoms with Crippen molar-refractivity contribution in [1.29, 1.82) is 0 Å². The third kappa shape index (κ3) is 5.01. The Morgan fingerprint density at radius 2 is 1.92 bits per heavy atom. The second kappa shape index (κ2) is 10.0. The number of ether oxygens (including phenoxy) is 2. The van der Waals surface area contributed by atoms with Gasteiger partial charge in [0.05, 0.1) is 25.0 Å². The zero-order valence-corrected chi connectivity index (χ0v) is 20.6. The lowest BCUT2D eigenvalue weighted by Gasteiger charge is -2.29. The molecule has 2 fully saturated rings. The molecule has 0 amide bonds. The van der Waals surface area contributed by atoms with E-state index in [0.29, 0.717) is 49.3 Å². The standard InChI is InChI=1S/C27H33N5O4/c33-22(34)15-18-6-8-19(9-7-18)21-11-10-20(16-28-21)32-12-14-35-26-23-24(29-25(23)32)30-27(31-26)36-13-2-1-3-17-4-5-17/h10-11,16-19H,1-9,12-15H2,(H,33,34)/t18-,19+. The third-order valence-corrected chi connectivity index (χ3v) is 7.83. The number of nitrogens with zero attached hydrogens (tertiary/aromatic N) is 5. The molecule has 4 aliphatic rings. The van der Waals surface area contributed by atoms with Gasteiger partial charge in [-0.25, -0.2) is 4.99 Å². The van der Waals surface area contributed by atoms with Gasteiger partial charge in [-0.15, -0.1) is 0 Å². The van der Waals surface area contributed by atoms with Crippen LogP contribution >= 0.6 is 0 Å². The summed E-state index contributed by atoms with van der Waals surface area (Å²) in [5, 5.41) is 9.04. The number of hydrogen-bond donors (Lipinski definition) is 1. The Bertz CT molecular complexity index is 1140. The van der Waals surface area contributed by atoms with Crippen LogP contribution in [0.25, 0.3) is 0 Å². The Kier molecular flexibility index (Phi) is 6.46. The van der Waals surface area contributed by atoms with Crippen LogP contribution in [0.5, 0.6) is 11.9 Å². The Balaban J connectivity index is 1.08. The van der Waals surface area contributed by atoms with Crippen LogP contribution in [0.3, 0.4) is 0 Å². The molecular weight excluding hydrogens is 458 g/mol. The molecule has 0 radical (unpaired) electrons. The summed E-state index contributed by atoms with van der Waals surface area (Å²) < 4.78 is 11.8. The quantitative estimate of drug-likeness (QED) is 0.469. The average molecular weight is 492 g/mol. The molecule has 0 saturated heterocycles. The summed E-state index contributed by atoms with van der Waals surface area (Å²) in [6.45, 7) is 1.75. The maximum Gasteiger partial charge on any atom is 0.321 e. The van der Waals surface area contributed by atoms with E-state index in [1.165, 1.54) is 25.7 Å². The third-order valence-electron chi connectivity index (χ3n) is 7.83. The van der Waals surface area contributed by atoms with E-state index >= 15 is 0 Å². The highest BCUT2D eigenvalue weighted by Crippen LogP contribution is 2.41. The predicted molar refractivity (Wildman–Crippen MR) is 134 cm³/mol. The molecule has 0 bridgehead atoms. The van der Waals surface area contributed by atoms with Gasteiger partial charge in [-0.2, -0.15) is 9.97 Å². The monoisotopic (exact) mass is 491 g/mol. The van der Waals surface area contributed by atoms with Crippen LogP contribution < -0.4 is 14.4 Å². The second-order valence-corrected chi connectivity index (χ2v) is 10.5. The van der Waals surface area contributed by atoms with E-state index in [-0.39, 0.29) is 6.42 Å². The van der Waals surface area contributed by atoms with E-state index in [2.05, 4.69) is 32.0 Å². The molecule has 0 unspecified atom stereocenters. The second-order valence-electron chi connectivity index (χ2n) is 10.5. The van der Waals surface area contributed by atoms with Gasteiger partial charge >= 0.3 is 12.0 Å². The van der Waals surface area contributed by atoms with Crippen LogP contribution in [0.1, 0.15) is 81.4 Å². The number of carboxylic acid groups (broad SMARTS) is 1. The summed E-state index contributed by atoms with van der Waals surface area (Å²) in [5.74, 6) is 2.93. The molecule has 2 aromatic heterocycles. The van der Waals surface area contributed by atoms with Crippen LogP contribution in [0.2, 0.25) is 0 Å². The minimum absolute atomic E-state index is 0.277. The minimum atomic E-state index is -0.695. The van der Waals surface area contributed by atoms with Crippen LogP contribution in [0.15, 0.2) is 23.3 Å². The molecule has 4 heterocycles. The van der Waals surface area contributed by atoms with E-state index in [9.17, 15) is 4.79 Å². The van der Waals surface area contributed by atoms with Crippen molar-refractivity contribution >= 4 is 23.3 Å². The molecule has 9 nitrogen and oxygen atoms in total. The summed E-state index contributed by atoms with van der Waals surface area (Å²) in [5.41, 5.74) is 2.89. The van der Waals surface area contributed by atoms with Crippen LogP contribution in [0.4, 0.5) is 11.5 Å². The number of hydrogen-bond acceptors (Lipinski definition) is 8. The van der Waals surface area contributed by atoms with Crippen molar-refractivity contribution in [3.63, 3.8) is 0 Å². The number of aliphatic imine (C=N–C) groups is 1. The first-order chi connectivity index (χ1) is 17.6. The number of unbranched alkanes of at least 4 members (excludes halogenated alkanes) is 1. The van der Waals surface area contributed by atoms with Gasteiger partial charge in [0, 0.05) is 18.0 Å². The summed E-state index contributed by atoms with van der Waals surface area (Å²) in [7, 11) is 0. The number of carboxylic acids is 1. The molecule has 6 rings (SSSR count). The van der Waals surface area contributed by atoms with Crippen molar-refractivity contribution in [2.24, 2.45) is 16.8 Å². The average Bonchev–Trinajstić information content (AvgIpc) is 3.70. The predicted octanol–water partition coefficient (Wildman–Crippen LogP) is 4.87. The minimum Gasteiger partial charge on any atom is -0.481 e. The smallest absolute Gasteiger partial charge is 0.321 e. The van der Waals surface area contributed by atoms with Crippen molar-refractivity contribution in [3.8, 4) is 11.9 Å². The lowest BCUT2D eigenvalue weighted by Crippen LogP contribution is -2.36. The summed E-state index contributed by atoms with van der Waals surface area (Å²) in [4.78, 5) is 31.6. The molecule has 0 aromatic carbocycles. The maximum atomic E-state index is 11.0. The molecule has 1 N–H and O–H groups in total. The number of pyridine rings is 1. The maximum absolute atomic E-state index is 11.0. The van der Waals surface area contributed by atoms with Crippen molar-refractivity contribution in [2.45, 2.75) is 70.1 Å². The van der Waals surface area contributed by atoms with E-state index in [0.717, 1.165) is 60.8 Å². The zero-order valence-electron chi connectivity index (χ0n) is 20.6. The molecule has 190 valence electrons.